The van der Waals surface area contributed by atoms with Gasteiger partial charge in [-0.1, -0.05) is 72.8 Å². The van der Waals surface area contributed by atoms with Crippen LogP contribution in [-0.2, 0) is 21.4 Å². The van der Waals surface area contributed by atoms with Crippen LogP contribution in [0, 0.1) is 12.7 Å². The highest BCUT2D eigenvalue weighted by atomic mass is 19.1. The van der Waals surface area contributed by atoms with Crippen LogP contribution in [0.1, 0.15) is 36.0 Å². The number of hydrogen-bond donors (Lipinski definition) is 2. The lowest BCUT2D eigenvalue weighted by Crippen LogP contribution is -2.24. The number of aromatic nitrogens is 2. The molecule has 5 rings (SSSR count). The third kappa shape index (κ3) is 4.28. The van der Waals surface area contributed by atoms with Gasteiger partial charge in [0.1, 0.15) is 0 Å². The first-order valence-electron chi connectivity index (χ1n) is 11.9. The first-order valence-corrected chi connectivity index (χ1v) is 11.9. The smallest absolute Gasteiger partial charge is 0.314 e. The molecule has 0 radical (unpaired) electrons. The topological polar surface area (TPSA) is 84.2 Å². The second kappa shape index (κ2) is 9.41. The summed E-state index contributed by atoms with van der Waals surface area (Å²) >= 11 is 0. The third-order valence-electron chi connectivity index (χ3n) is 6.87. The Morgan fingerprint density at radius 2 is 1.69 bits per heavy atom. The molecule has 36 heavy (non-hydrogen) atoms. The predicted molar refractivity (Wildman–Crippen MR) is 136 cm³/mol. The fourth-order valence-corrected chi connectivity index (χ4v) is 4.72. The van der Waals surface area contributed by atoms with Crippen LogP contribution < -0.4 is 5.32 Å². The summed E-state index contributed by atoms with van der Waals surface area (Å²) in [7, 11) is 0. The van der Waals surface area contributed by atoms with Gasteiger partial charge in [-0.15, -0.1) is 0 Å². The monoisotopic (exact) mass is 483 g/mol. The molecule has 0 saturated heterocycles. The molecule has 0 bridgehead atoms. The number of carbonyl (C=O) groups is 2. The van der Waals surface area contributed by atoms with Crippen LogP contribution in [0.3, 0.4) is 0 Å². The molecular formula is C29H26FN3O3. The second-order valence-corrected chi connectivity index (χ2v) is 9.17. The maximum absolute atomic E-state index is 15.0. The van der Waals surface area contributed by atoms with E-state index in [9.17, 15) is 19.1 Å². The van der Waals surface area contributed by atoms with E-state index in [1.165, 1.54) is 4.68 Å². The van der Waals surface area contributed by atoms with Gasteiger partial charge >= 0.3 is 5.97 Å². The standard InChI is InChI=1S/C29H26FN3O3/c1-19-22(21-10-6-3-7-11-21)13-14-23(29(16-17-29)28(35)36)26(19)33-27(24(30)18-31-33)32-25(34)15-12-20-8-4-2-5-9-20/h2-11,13-14,18H,12,15-17H2,1H3,(H,32,34)(H,35,36). The third-order valence-corrected chi connectivity index (χ3v) is 6.87. The summed E-state index contributed by atoms with van der Waals surface area (Å²) in [5.41, 5.74) is 3.60. The van der Waals surface area contributed by atoms with Gasteiger partial charge in [0.25, 0.3) is 0 Å². The number of benzene rings is 3. The number of carbonyl (C=O) groups excluding carboxylic acids is 1. The summed E-state index contributed by atoms with van der Waals surface area (Å²) in [5.74, 6) is -2.04. The molecule has 1 aliphatic rings. The normalized spacial score (nSPS) is 13.8. The maximum atomic E-state index is 15.0. The predicted octanol–water partition coefficient (Wildman–Crippen LogP) is 5.67. The molecule has 182 valence electrons. The number of anilines is 1. The molecule has 1 amide bonds. The number of nitrogens with one attached hydrogen (secondary N) is 1. The molecule has 1 fully saturated rings. The zero-order chi connectivity index (χ0) is 25.3. The van der Waals surface area contributed by atoms with Gasteiger partial charge in [0.05, 0.1) is 17.3 Å². The zero-order valence-electron chi connectivity index (χ0n) is 19.9. The van der Waals surface area contributed by atoms with Crippen LogP contribution in [0.4, 0.5) is 10.2 Å². The summed E-state index contributed by atoms with van der Waals surface area (Å²) in [5, 5.41) is 17.0. The fourth-order valence-electron chi connectivity index (χ4n) is 4.72. The van der Waals surface area contributed by atoms with Crippen molar-refractivity contribution in [2.24, 2.45) is 0 Å². The molecule has 0 aliphatic heterocycles. The molecule has 2 N–H and O–H groups in total. The van der Waals surface area contributed by atoms with E-state index in [2.05, 4.69) is 10.4 Å². The minimum Gasteiger partial charge on any atom is -0.481 e. The van der Waals surface area contributed by atoms with E-state index in [1.807, 2.05) is 73.7 Å². The number of aryl methyl sites for hydroxylation is 1. The van der Waals surface area contributed by atoms with Crippen LogP contribution >= 0.6 is 0 Å². The molecule has 1 aliphatic carbocycles. The zero-order valence-corrected chi connectivity index (χ0v) is 19.9. The lowest BCUT2D eigenvalue weighted by molar-refractivity contribution is -0.140. The van der Waals surface area contributed by atoms with Crippen molar-refractivity contribution in [2.45, 2.75) is 38.0 Å². The van der Waals surface area contributed by atoms with Crippen molar-refractivity contribution in [1.29, 1.82) is 0 Å². The summed E-state index contributed by atoms with van der Waals surface area (Å²) in [6.45, 7) is 1.87. The number of aliphatic carboxylic acids is 1. The van der Waals surface area contributed by atoms with Gasteiger partial charge < -0.3 is 10.4 Å². The number of hydrogen-bond acceptors (Lipinski definition) is 3. The molecular weight excluding hydrogens is 457 g/mol. The highest BCUT2D eigenvalue weighted by molar-refractivity contribution is 5.91. The van der Waals surface area contributed by atoms with Crippen LogP contribution in [0.5, 0.6) is 0 Å². The van der Waals surface area contributed by atoms with Gasteiger partial charge in [0, 0.05) is 6.42 Å². The van der Waals surface area contributed by atoms with Crippen molar-refractivity contribution < 1.29 is 19.1 Å². The quantitative estimate of drug-likeness (QED) is 0.338. The number of nitrogens with zero attached hydrogens (tertiary/aromatic N) is 2. The molecule has 3 aromatic carbocycles. The average Bonchev–Trinajstić information content (AvgIpc) is 3.64. The summed E-state index contributed by atoms with van der Waals surface area (Å²) in [6.07, 6.45) is 2.71. The van der Waals surface area contributed by atoms with Crippen LogP contribution in [0.15, 0.2) is 79.0 Å². The molecule has 0 spiro atoms. The van der Waals surface area contributed by atoms with Crippen molar-refractivity contribution in [1.82, 2.24) is 9.78 Å². The summed E-state index contributed by atoms with van der Waals surface area (Å²) in [4.78, 5) is 25.0. The molecule has 1 saturated carbocycles. The lowest BCUT2D eigenvalue weighted by atomic mass is 9.88. The Hall–Kier alpha value is -4.26. The molecule has 6 nitrogen and oxygen atoms in total. The second-order valence-electron chi connectivity index (χ2n) is 9.17. The van der Waals surface area contributed by atoms with Gasteiger partial charge in [0.2, 0.25) is 5.91 Å². The van der Waals surface area contributed by atoms with Crippen LogP contribution in [0.25, 0.3) is 16.8 Å². The highest BCUT2D eigenvalue weighted by Crippen LogP contribution is 2.52. The Balaban J connectivity index is 1.56. The Kier molecular flexibility index (Phi) is 6.14. The van der Waals surface area contributed by atoms with E-state index in [0.29, 0.717) is 30.5 Å². The van der Waals surface area contributed by atoms with E-state index in [4.69, 9.17) is 0 Å². The van der Waals surface area contributed by atoms with Gasteiger partial charge in [-0.3, -0.25) is 9.59 Å². The Bertz CT molecular complexity index is 1430. The Labute approximate surface area is 208 Å². The van der Waals surface area contributed by atoms with E-state index >= 15 is 0 Å². The summed E-state index contributed by atoms with van der Waals surface area (Å²) < 4.78 is 16.3. The van der Waals surface area contributed by atoms with E-state index in [-0.39, 0.29) is 18.1 Å². The first kappa shape index (κ1) is 23.5. The van der Waals surface area contributed by atoms with Crippen molar-refractivity contribution >= 4 is 17.7 Å². The van der Waals surface area contributed by atoms with Crippen molar-refractivity contribution in [3.63, 3.8) is 0 Å². The minimum atomic E-state index is -1.05. The summed E-state index contributed by atoms with van der Waals surface area (Å²) in [6, 6.07) is 23.0. The highest BCUT2D eigenvalue weighted by Gasteiger charge is 2.53. The van der Waals surface area contributed by atoms with Crippen LogP contribution in [-0.4, -0.2) is 26.8 Å². The first-order chi connectivity index (χ1) is 17.4. The van der Waals surface area contributed by atoms with Gasteiger partial charge in [0.15, 0.2) is 11.6 Å². The Morgan fingerprint density at radius 1 is 1.03 bits per heavy atom. The van der Waals surface area contributed by atoms with Gasteiger partial charge in [-0.2, -0.15) is 5.10 Å². The number of halogens is 1. The average molecular weight is 484 g/mol. The molecule has 4 aromatic rings. The van der Waals surface area contributed by atoms with Crippen LogP contribution in [0.2, 0.25) is 0 Å². The van der Waals surface area contributed by atoms with Gasteiger partial charge in [-0.05, 0) is 54.0 Å². The lowest BCUT2D eigenvalue weighted by Gasteiger charge is -2.22. The fraction of sp³-hybridized carbons (Fsp3) is 0.207. The minimum absolute atomic E-state index is 0.0937. The van der Waals surface area contributed by atoms with E-state index < -0.39 is 17.2 Å². The number of amides is 1. The largest absolute Gasteiger partial charge is 0.481 e. The SMILES string of the molecule is Cc1c(-c2ccccc2)ccc(C2(C(=O)O)CC2)c1-n1ncc(F)c1NC(=O)CCc1ccccc1. The van der Waals surface area contributed by atoms with E-state index in [1.54, 1.807) is 6.07 Å². The molecule has 1 heterocycles. The molecule has 1 aromatic heterocycles. The number of carboxylic acid groups (broad SMARTS) is 1. The number of carboxylic acids is 1. The Morgan fingerprint density at radius 3 is 2.33 bits per heavy atom. The van der Waals surface area contributed by atoms with Crippen molar-refractivity contribution in [3.8, 4) is 16.8 Å². The van der Waals surface area contributed by atoms with Crippen molar-refractivity contribution in [2.75, 3.05) is 5.32 Å². The molecule has 7 heteroatoms. The van der Waals surface area contributed by atoms with E-state index in [0.717, 1.165) is 28.5 Å². The molecule has 0 unspecified atom stereocenters. The number of rotatable bonds is 8. The van der Waals surface area contributed by atoms with Gasteiger partial charge in [-0.25, -0.2) is 9.07 Å². The van der Waals surface area contributed by atoms with Crippen molar-refractivity contribution in [3.05, 3.63) is 102 Å². The molecule has 0 atom stereocenters. The maximum Gasteiger partial charge on any atom is 0.314 e.